The summed E-state index contributed by atoms with van der Waals surface area (Å²) in [5, 5.41) is 5.64. The Hall–Kier alpha value is -2.42. The van der Waals surface area contributed by atoms with Crippen molar-refractivity contribution in [3.8, 4) is 5.75 Å². The molecule has 0 aromatic heterocycles. The van der Waals surface area contributed by atoms with Gasteiger partial charge in [0, 0.05) is 26.2 Å². The Morgan fingerprint density at radius 3 is 2.71 bits per heavy atom. The van der Waals surface area contributed by atoms with Gasteiger partial charge in [0.05, 0.1) is 13.2 Å². The van der Waals surface area contributed by atoms with Crippen molar-refractivity contribution in [3.63, 3.8) is 0 Å². The molecule has 1 heterocycles. The second-order valence-corrected chi connectivity index (χ2v) is 7.00. The Labute approximate surface area is 170 Å². The van der Waals surface area contributed by atoms with Gasteiger partial charge in [0.2, 0.25) is 0 Å². The summed E-state index contributed by atoms with van der Waals surface area (Å²) in [5.41, 5.74) is 5.29. The number of nitrogens with zero attached hydrogens (tertiary/aromatic N) is 1. The van der Waals surface area contributed by atoms with E-state index in [-0.39, 0.29) is 5.91 Å². The van der Waals surface area contributed by atoms with Gasteiger partial charge in [-0.25, -0.2) is 0 Å². The maximum absolute atomic E-state index is 12.2. The predicted molar refractivity (Wildman–Crippen MR) is 113 cm³/mol. The number of amides is 1. The number of rotatable bonds is 6. The topological polar surface area (TPSA) is 74.9 Å². The molecule has 0 aliphatic carbocycles. The van der Waals surface area contributed by atoms with Crippen LogP contribution in [0.4, 0.5) is 0 Å². The summed E-state index contributed by atoms with van der Waals surface area (Å²) in [5.74, 6) is 0.345. The van der Waals surface area contributed by atoms with Gasteiger partial charge in [0.15, 0.2) is 11.2 Å². The number of hydrazine groups is 1. The minimum absolute atomic E-state index is 0.300. The summed E-state index contributed by atoms with van der Waals surface area (Å²) in [6.07, 6.45) is -0.662. The van der Waals surface area contributed by atoms with E-state index in [9.17, 15) is 4.79 Å². The molecule has 0 bridgehead atoms. The first-order valence-electron chi connectivity index (χ1n) is 9.41. The summed E-state index contributed by atoms with van der Waals surface area (Å²) in [6, 6.07) is 13.8. The SMILES string of the molecule is C[C@H](Oc1ccc2ccccc2c1)C(=O)NNC(=S)NCCN1CCOCC1. The Bertz CT molecular complexity index is 811. The van der Waals surface area contributed by atoms with E-state index in [4.69, 9.17) is 21.7 Å². The monoisotopic (exact) mass is 402 g/mol. The lowest BCUT2D eigenvalue weighted by atomic mass is 10.1. The van der Waals surface area contributed by atoms with Crippen LogP contribution >= 0.6 is 12.2 Å². The van der Waals surface area contributed by atoms with E-state index in [1.54, 1.807) is 6.92 Å². The summed E-state index contributed by atoms with van der Waals surface area (Å²) in [4.78, 5) is 14.5. The number of ether oxygens (including phenoxy) is 2. The molecule has 1 atom stereocenters. The van der Waals surface area contributed by atoms with E-state index in [0.717, 1.165) is 43.6 Å². The fourth-order valence-corrected chi connectivity index (χ4v) is 3.07. The molecule has 1 aliphatic heterocycles. The third-order valence-corrected chi connectivity index (χ3v) is 4.77. The molecule has 0 unspecified atom stereocenters. The van der Waals surface area contributed by atoms with Crippen molar-refractivity contribution < 1.29 is 14.3 Å². The summed E-state index contributed by atoms with van der Waals surface area (Å²) in [7, 11) is 0. The van der Waals surface area contributed by atoms with Gasteiger partial charge in [0.25, 0.3) is 5.91 Å². The molecule has 1 aliphatic rings. The number of thiocarbonyl (C=S) groups is 1. The molecule has 7 nitrogen and oxygen atoms in total. The first kappa shape index (κ1) is 20.3. The third kappa shape index (κ3) is 6.05. The fourth-order valence-electron chi connectivity index (χ4n) is 2.91. The van der Waals surface area contributed by atoms with Crippen LogP contribution in [0.15, 0.2) is 42.5 Å². The number of carbonyl (C=O) groups excluding carboxylic acids is 1. The largest absolute Gasteiger partial charge is 0.481 e. The summed E-state index contributed by atoms with van der Waals surface area (Å²) in [6.45, 7) is 6.68. The van der Waals surface area contributed by atoms with Gasteiger partial charge in [0.1, 0.15) is 5.75 Å². The molecule has 2 aromatic rings. The third-order valence-electron chi connectivity index (χ3n) is 4.52. The minimum atomic E-state index is -0.662. The second-order valence-electron chi connectivity index (χ2n) is 6.59. The lowest BCUT2D eigenvalue weighted by Gasteiger charge is -2.26. The Morgan fingerprint density at radius 1 is 1.18 bits per heavy atom. The van der Waals surface area contributed by atoms with Gasteiger partial charge < -0.3 is 14.8 Å². The van der Waals surface area contributed by atoms with Crippen LogP contribution in [-0.4, -0.2) is 61.4 Å². The van der Waals surface area contributed by atoms with E-state index >= 15 is 0 Å². The van der Waals surface area contributed by atoms with Gasteiger partial charge in [-0.05, 0) is 42.0 Å². The lowest BCUT2D eigenvalue weighted by molar-refractivity contribution is -0.127. The van der Waals surface area contributed by atoms with Crippen molar-refractivity contribution in [1.82, 2.24) is 21.1 Å². The van der Waals surface area contributed by atoms with Crippen LogP contribution in [0.3, 0.4) is 0 Å². The smallest absolute Gasteiger partial charge is 0.279 e. The van der Waals surface area contributed by atoms with Crippen molar-refractivity contribution in [2.75, 3.05) is 39.4 Å². The molecule has 28 heavy (non-hydrogen) atoms. The molecule has 0 saturated carbocycles. The number of benzene rings is 2. The van der Waals surface area contributed by atoms with E-state index in [1.165, 1.54) is 0 Å². The predicted octanol–water partition coefficient (Wildman–Crippen LogP) is 1.43. The van der Waals surface area contributed by atoms with Crippen molar-refractivity contribution in [1.29, 1.82) is 0 Å². The van der Waals surface area contributed by atoms with Gasteiger partial charge in [-0.3, -0.25) is 20.5 Å². The Morgan fingerprint density at radius 2 is 1.93 bits per heavy atom. The zero-order valence-electron chi connectivity index (χ0n) is 15.9. The van der Waals surface area contributed by atoms with Crippen LogP contribution in [0, 0.1) is 0 Å². The van der Waals surface area contributed by atoms with Crippen LogP contribution < -0.4 is 20.9 Å². The number of hydrogen-bond acceptors (Lipinski definition) is 5. The highest BCUT2D eigenvalue weighted by atomic mass is 32.1. The molecule has 150 valence electrons. The van der Waals surface area contributed by atoms with Gasteiger partial charge in [-0.2, -0.15) is 0 Å². The van der Waals surface area contributed by atoms with Crippen LogP contribution in [0.1, 0.15) is 6.92 Å². The first-order chi connectivity index (χ1) is 13.6. The maximum Gasteiger partial charge on any atom is 0.279 e. The number of morpholine rings is 1. The highest BCUT2D eigenvalue weighted by Crippen LogP contribution is 2.21. The Kier molecular flexibility index (Phi) is 7.41. The number of hydrogen-bond donors (Lipinski definition) is 3. The van der Waals surface area contributed by atoms with Crippen LogP contribution in [-0.2, 0) is 9.53 Å². The highest BCUT2D eigenvalue weighted by molar-refractivity contribution is 7.80. The van der Waals surface area contributed by atoms with E-state index < -0.39 is 6.10 Å². The highest BCUT2D eigenvalue weighted by Gasteiger charge is 2.15. The lowest BCUT2D eigenvalue weighted by Crippen LogP contribution is -2.51. The van der Waals surface area contributed by atoms with Crippen LogP contribution in [0.25, 0.3) is 10.8 Å². The number of nitrogens with one attached hydrogen (secondary N) is 3. The van der Waals surface area contributed by atoms with E-state index in [1.807, 2.05) is 42.5 Å². The molecule has 0 spiro atoms. The van der Waals surface area contributed by atoms with E-state index in [2.05, 4.69) is 21.1 Å². The quantitative estimate of drug-likeness (QED) is 0.499. The molecule has 1 saturated heterocycles. The molecule has 3 rings (SSSR count). The first-order valence-corrected chi connectivity index (χ1v) is 9.82. The Balaban J connectivity index is 1.37. The maximum atomic E-state index is 12.2. The summed E-state index contributed by atoms with van der Waals surface area (Å²) >= 11 is 5.19. The number of carbonyl (C=O) groups is 1. The van der Waals surface area contributed by atoms with Crippen LogP contribution in [0.5, 0.6) is 5.75 Å². The zero-order chi connectivity index (χ0) is 19.8. The molecule has 3 N–H and O–H groups in total. The van der Waals surface area contributed by atoms with Crippen molar-refractivity contribution >= 4 is 34.0 Å². The average Bonchev–Trinajstić information content (AvgIpc) is 2.72. The molecule has 1 fully saturated rings. The molecule has 1 amide bonds. The minimum Gasteiger partial charge on any atom is -0.481 e. The fraction of sp³-hybridized carbons (Fsp3) is 0.400. The molecule has 8 heteroatoms. The van der Waals surface area contributed by atoms with Gasteiger partial charge >= 0.3 is 0 Å². The van der Waals surface area contributed by atoms with Crippen LogP contribution in [0.2, 0.25) is 0 Å². The van der Waals surface area contributed by atoms with Crippen molar-refractivity contribution in [3.05, 3.63) is 42.5 Å². The van der Waals surface area contributed by atoms with Crippen molar-refractivity contribution in [2.45, 2.75) is 13.0 Å². The summed E-state index contributed by atoms with van der Waals surface area (Å²) < 4.78 is 11.1. The average molecular weight is 403 g/mol. The number of fused-ring (bicyclic) bond motifs is 1. The van der Waals surface area contributed by atoms with Gasteiger partial charge in [-0.1, -0.05) is 30.3 Å². The molecular formula is C20H26N4O3S. The van der Waals surface area contributed by atoms with Crippen molar-refractivity contribution in [2.24, 2.45) is 0 Å². The molecular weight excluding hydrogens is 376 g/mol. The van der Waals surface area contributed by atoms with Gasteiger partial charge in [-0.15, -0.1) is 0 Å². The van der Waals surface area contributed by atoms with E-state index in [0.29, 0.717) is 17.4 Å². The standard InChI is InChI=1S/C20H26N4O3S/c1-15(27-18-7-6-16-4-2-3-5-17(16)14-18)19(25)22-23-20(28)21-8-9-24-10-12-26-13-11-24/h2-7,14-15H,8-13H2,1H3,(H,22,25)(H2,21,23,28)/t15-/m0/s1. The zero-order valence-corrected chi connectivity index (χ0v) is 16.8. The molecule has 0 radical (unpaired) electrons. The second kappa shape index (κ2) is 10.2. The normalized spacial score (nSPS) is 15.6. The molecule has 2 aromatic carbocycles.